The van der Waals surface area contributed by atoms with Crippen LogP contribution in [0.4, 0.5) is 11.5 Å². The molecule has 0 atom stereocenters. The molecule has 27 heavy (non-hydrogen) atoms. The molecule has 0 amide bonds. The summed E-state index contributed by atoms with van der Waals surface area (Å²) in [4.78, 5) is 9.43. The van der Waals surface area contributed by atoms with Crippen LogP contribution in [0.3, 0.4) is 0 Å². The summed E-state index contributed by atoms with van der Waals surface area (Å²) in [7, 11) is 4.32. The molecule has 4 rings (SSSR count). The van der Waals surface area contributed by atoms with Crippen molar-refractivity contribution in [2.75, 3.05) is 14.1 Å². The predicted octanol–water partition coefficient (Wildman–Crippen LogP) is 5.71. The highest BCUT2D eigenvalue weighted by atomic mass is 15.4. The molecular weight excluding hydrogens is 330 g/mol. The second-order valence-corrected chi connectivity index (χ2v) is 6.97. The number of hydrogen-bond acceptors (Lipinski definition) is 2. The molecule has 0 saturated carbocycles. The molecule has 0 unspecified atom stereocenters. The minimum Gasteiger partial charge on any atom is -0.256 e. The van der Waals surface area contributed by atoms with Gasteiger partial charge in [-0.25, -0.2) is 4.48 Å². The van der Waals surface area contributed by atoms with Gasteiger partial charge in [0.25, 0.3) is 0 Å². The molecule has 3 heteroatoms. The van der Waals surface area contributed by atoms with Crippen molar-refractivity contribution in [3.63, 3.8) is 0 Å². The largest absolute Gasteiger partial charge is 0.256 e. The van der Waals surface area contributed by atoms with Gasteiger partial charge in [-0.05, 0) is 24.3 Å². The third-order valence-electron chi connectivity index (χ3n) is 4.83. The van der Waals surface area contributed by atoms with Gasteiger partial charge in [0.1, 0.15) is 5.69 Å². The van der Waals surface area contributed by atoms with Gasteiger partial charge in [-0.2, -0.15) is 4.98 Å². The highest BCUT2D eigenvalue weighted by molar-refractivity contribution is 5.68. The number of quaternary nitrogens is 1. The lowest BCUT2D eigenvalue weighted by molar-refractivity contribution is 0.540. The first-order valence-electron chi connectivity index (χ1n) is 9.04. The maximum Gasteiger partial charge on any atom is 0.232 e. The summed E-state index contributed by atoms with van der Waals surface area (Å²) in [5, 5.41) is 0. The van der Waals surface area contributed by atoms with E-state index in [1.54, 1.807) is 0 Å². The molecule has 0 bridgehead atoms. The fourth-order valence-electron chi connectivity index (χ4n) is 3.18. The first-order valence-corrected chi connectivity index (χ1v) is 9.04. The first kappa shape index (κ1) is 17.1. The van der Waals surface area contributed by atoms with Gasteiger partial charge in [0.05, 0.1) is 25.5 Å². The van der Waals surface area contributed by atoms with Crippen LogP contribution < -0.4 is 4.48 Å². The van der Waals surface area contributed by atoms with Gasteiger partial charge in [-0.15, -0.1) is 0 Å². The Morgan fingerprint density at radius 2 is 1.33 bits per heavy atom. The third-order valence-corrected chi connectivity index (χ3v) is 4.83. The molecule has 2 aromatic carbocycles. The standard InChI is InChI=1S/C24H22N3/c1-27(2,21-13-8-12-20(18-21)22-14-6-7-17-25-22)24-16-9-15-23(26-24)19-10-4-3-5-11-19/h3-18H,1-2H3/q+1. The van der Waals surface area contributed by atoms with Crippen LogP contribution in [0, 0.1) is 0 Å². The number of benzene rings is 2. The van der Waals surface area contributed by atoms with Crippen molar-refractivity contribution in [3.05, 3.63) is 97.2 Å². The Hall–Kier alpha value is -3.30. The summed E-state index contributed by atoms with van der Waals surface area (Å²) in [6.45, 7) is 0. The van der Waals surface area contributed by atoms with Crippen LogP contribution in [-0.4, -0.2) is 24.1 Å². The predicted molar refractivity (Wildman–Crippen MR) is 113 cm³/mol. The van der Waals surface area contributed by atoms with Crippen molar-refractivity contribution < 1.29 is 0 Å². The van der Waals surface area contributed by atoms with Crippen molar-refractivity contribution in [3.8, 4) is 22.5 Å². The summed E-state index contributed by atoms with van der Waals surface area (Å²) in [6, 6.07) is 31.0. The van der Waals surface area contributed by atoms with Crippen LogP contribution >= 0.6 is 0 Å². The number of hydrogen-bond donors (Lipinski definition) is 0. The van der Waals surface area contributed by atoms with E-state index in [-0.39, 0.29) is 0 Å². The molecule has 4 aromatic rings. The summed E-state index contributed by atoms with van der Waals surface area (Å²) in [5.41, 5.74) is 5.36. The molecule has 132 valence electrons. The Kier molecular flexibility index (Phi) is 4.53. The number of aromatic nitrogens is 2. The number of nitrogens with zero attached hydrogens (tertiary/aromatic N) is 3. The molecule has 0 aliphatic rings. The zero-order chi connectivity index (χ0) is 18.7. The van der Waals surface area contributed by atoms with E-state index in [0.717, 1.165) is 34.0 Å². The second-order valence-electron chi connectivity index (χ2n) is 6.97. The van der Waals surface area contributed by atoms with Crippen molar-refractivity contribution in [1.29, 1.82) is 0 Å². The monoisotopic (exact) mass is 352 g/mol. The van der Waals surface area contributed by atoms with Gasteiger partial charge in [0, 0.05) is 29.5 Å². The fraction of sp³-hybridized carbons (Fsp3) is 0.0833. The molecule has 0 fully saturated rings. The lowest BCUT2D eigenvalue weighted by atomic mass is 10.1. The van der Waals surface area contributed by atoms with Crippen LogP contribution in [0.1, 0.15) is 0 Å². The molecular formula is C24H22N3+. The fourth-order valence-corrected chi connectivity index (χ4v) is 3.18. The van der Waals surface area contributed by atoms with Gasteiger partial charge in [-0.3, -0.25) is 4.98 Å². The van der Waals surface area contributed by atoms with Gasteiger partial charge < -0.3 is 0 Å². The molecule has 0 aliphatic carbocycles. The Labute approximate surface area is 160 Å². The zero-order valence-corrected chi connectivity index (χ0v) is 15.6. The minimum atomic E-state index is 0.557. The average Bonchev–Trinajstić information content (AvgIpc) is 2.75. The Bertz CT molecular complexity index is 956. The van der Waals surface area contributed by atoms with Gasteiger partial charge >= 0.3 is 0 Å². The normalized spacial score (nSPS) is 11.3. The van der Waals surface area contributed by atoms with E-state index < -0.39 is 0 Å². The summed E-state index contributed by atoms with van der Waals surface area (Å²) in [6.07, 6.45) is 1.83. The van der Waals surface area contributed by atoms with E-state index in [9.17, 15) is 0 Å². The molecule has 2 aromatic heterocycles. The first-order chi connectivity index (χ1) is 13.1. The molecule has 0 spiro atoms. The van der Waals surface area contributed by atoms with E-state index in [2.05, 4.69) is 73.7 Å². The summed E-state index contributed by atoms with van der Waals surface area (Å²) < 4.78 is 0.557. The SMILES string of the molecule is C[N+](C)(c1cccc(-c2ccccn2)c1)c1cccc(-c2ccccc2)n1. The number of pyridine rings is 2. The second kappa shape index (κ2) is 7.14. The van der Waals surface area contributed by atoms with Crippen LogP contribution in [0.15, 0.2) is 97.2 Å². The van der Waals surface area contributed by atoms with Crippen molar-refractivity contribution >= 4 is 11.5 Å². The molecule has 0 N–H and O–H groups in total. The van der Waals surface area contributed by atoms with Crippen LogP contribution in [-0.2, 0) is 0 Å². The van der Waals surface area contributed by atoms with Gasteiger partial charge in [0.2, 0.25) is 5.82 Å². The Morgan fingerprint density at radius 1 is 0.630 bits per heavy atom. The average molecular weight is 352 g/mol. The van der Waals surface area contributed by atoms with E-state index >= 15 is 0 Å². The molecule has 0 aliphatic heterocycles. The zero-order valence-electron chi connectivity index (χ0n) is 15.6. The maximum atomic E-state index is 4.95. The Morgan fingerprint density at radius 3 is 2.11 bits per heavy atom. The quantitative estimate of drug-likeness (QED) is 0.440. The highest BCUT2D eigenvalue weighted by Gasteiger charge is 2.25. The highest BCUT2D eigenvalue weighted by Crippen LogP contribution is 2.33. The molecule has 0 radical (unpaired) electrons. The lowest BCUT2D eigenvalue weighted by Crippen LogP contribution is -2.35. The molecule has 0 saturated heterocycles. The van der Waals surface area contributed by atoms with Crippen LogP contribution in [0.2, 0.25) is 0 Å². The van der Waals surface area contributed by atoms with Crippen molar-refractivity contribution in [1.82, 2.24) is 14.5 Å². The smallest absolute Gasteiger partial charge is 0.232 e. The minimum absolute atomic E-state index is 0.557. The van der Waals surface area contributed by atoms with Crippen molar-refractivity contribution in [2.45, 2.75) is 0 Å². The van der Waals surface area contributed by atoms with Crippen LogP contribution in [0.5, 0.6) is 0 Å². The van der Waals surface area contributed by atoms with Crippen molar-refractivity contribution in [2.24, 2.45) is 0 Å². The molecule has 3 nitrogen and oxygen atoms in total. The molecule has 2 heterocycles. The number of rotatable bonds is 4. The van der Waals surface area contributed by atoms with E-state index in [4.69, 9.17) is 4.98 Å². The Balaban J connectivity index is 1.74. The van der Waals surface area contributed by atoms with E-state index in [0.29, 0.717) is 4.48 Å². The summed E-state index contributed by atoms with van der Waals surface area (Å²) >= 11 is 0. The maximum absolute atomic E-state index is 4.95. The van der Waals surface area contributed by atoms with E-state index in [1.807, 2.05) is 42.6 Å². The third kappa shape index (κ3) is 3.50. The van der Waals surface area contributed by atoms with Gasteiger partial charge in [0.15, 0.2) is 0 Å². The lowest BCUT2D eigenvalue weighted by Gasteiger charge is -2.28. The summed E-state index contributed by atoms with van der Waals surface area (Å²) in [5.74, 6) is 0.995. The van der Waals surface area contributed by atoms with Gasteiger partial charge in [-0.1, -0.05) is 54.6 Å². The topological polar surface area (TPSA) is 25.8 Å². The van der Waals surface area contributed by atoms with E-state index in [1.165, 1.54) is 0 Å². The van der Waals surface area contributed by atoms with Crippen LogP contribution in [0.25, 0.3) is 22.5 Å².